The van der Waals surface area contributed by atoms with Gasteiger partial charge in [0.15, 0.2) is 0 Å². The van der Waals surface area contributed by atoms with E-state index in [1.54, 1.807) is 4.31 Å². The first-order chi connectivity index (χ1) is 9.12. The molecule has 0 aromatic rings. The van der Waals surface area contributed by atoms with Gasteiger partial charge < -0.3 is 9.47 Å². The van der Waals surface area contributed by atoms with Gasteiger partial charge in [-0.25, -0.2) is 12.7 Å². The van der Waals surface area contributed by atoms with Crippen LogP contribution >= 0.6 is 11.6 Å². The van der Waals surface area contributed by atoms with Gasteiger partial charge in [-0.3, -0.25) is 0 Å². The first-order valence-electron chi connectivity index (χ1n) is 6.89. The minimum Gasteiger partial charge on any atom is -0.377 e. The van der Waals surface area contributed by atoms with Gasteiger partial charge in [0.1, 0.15) is 0 Å². The summed E-state index contributed by atoms with van der Waals surface area (Å²) in [5.74, 6) is 0.609. The van der Waals surface area contributed by atoms with Crippen molar-refractivity contribution in [3.8, 4) is 0 Å². The molecule has 2 aliphatic rings. The largest absolute Gasteiger partial charge is 0.377 e. The van der Waals surface area contributed by atoms with Crippen molar-refractivity contribution in [1.82, 2.24) is 4.31 Å². The van der Waals surface area contributed by atoms with E-state index in [0.717, 1.165) is 25.7 Å². The molecule has 0 aromatic carbocycles. The summed E-state index contributed by atoms with van der Waals surface area (Å²) in [7, 11) is -3.18. The fraction of sp³-hybridized carbons (Fsp3) is 1.00. The summed E-state index contributed by atoms with van der Waals surface area (Å²) in [6.07, 6.45) is 3.36. The lowest BCUT2D eigenvalue weighted by Crippen LogP contribution is -2.43. The van der Waals surface area contributed by atoms with Gasteiger partial charge >= 0.3 is 0 Å². The van der Waals surface area contributed by atoms with Gasteiger partial charge in [-0.1, -0.05) is 0 Å². The van der Waals surface area contributed by atoms with E-state index in [4.69, 9.17) is 21.1 Å². The number of hydrogen-bond acceptors (Lipinski definition) is 4. The first-order valence-corrected chi connectivity index (χ1v) is 9.03. The number of sulfonamides is 1. The lowest BCUT2D eigenvalue weighted by Gasteiger charge is -2.31. The van der Waals surface area contributed by atoms with E-state index in [2.05, 4.69) is 0 Å². The smallest absolute Gasteiger partial charge is 0.216 e. The van der Waals surface area contributed by atoms with Crippen LogP contribution in [0.25, 0.3) is 0 Å². The summed E-state index contributed by atoms with van der Waals surface area (Å²) in [5, 5.41) is 0. The van der Waals surface area contributed by atoms with Crippen LogP contribution in [0.5, 0.6) is 0 Å². The quantitative estimate of drug-likeness (QED) is 0.692. The maximum atomic E-state index is 12.2. The van der Waals surface area contributed by atoms with Crippen molar-refractivity contribution < 1.29 is 17.9 Å². The molecular weight excluding hydrogens is 290 g/mol. The highest BCUT2D eigenvalue weighted by molar-refractivity contribution is 7.89. The zero-order chi connectivity index (χ0) is 13.7. The molecule has 112 valence electrons. The maximum absolute atomic E-state index is 12.2. The highest BCUT2D eigenvalue weighted by atomic mass is 35.5. The Morgan fingerprint density at radius 1 is 1.26 bits per heavy atom. The Morgan fingerprint density at radius 3 is 2.58 bits per heavy atom. The molecule has 0 N–H and O–H groups in total. The monoisotopic (exact) mass is 311 g/mol. The highest BCUT2D eigenvalue weighted by Crippen LogP contribution is 2.20. The normalized spacial score (nSPS) is 26.9. The van der Waals surface area contributed by atoms with Crippen LogP contribution in [0.2, 0.25) is 0 Å². The Bertz CT molecular complexity index is 362. The summed E-state index contributed by atoms with van der Waals surface area (Å²) in [6, 6.07) is 0. The van der Waals surface area contributed by atoms with Gasteiger partial charge in [0, 0.05) is 25.6 Å². The van der Waals surface area contributed by atoms with Crippen LogP contribution < -0.4 is 0 Å². The SMILES string of the molecule is O=S(=O)(CC1CCCO1)N1CCC(OCCCl)CC1. The van der Waals surface area contributed by atoms with Crippen molar-refractivity contribution in [1.29, 1.82) is 0 Å². The third-order valence-electron chi connectivity index (χ3n) is 3.65. The molecule has 19 heavy (non-hydrogen) atoms. The van der Waals surface area contributed by atoms with E-state index in [-0.39, 0.29) is 18.0 Å². The molecule has 0 aromatic heterocycles. The summed E-state index contributed by atoms with van der Waals surface area (Å²) >= 11 is 5.57. The molecule has 7 heteroatoms. The van der Waals surface area contributed by atoms with Crippen LogP contribution in [0, 0.1) is 0 Å². The minimum atomic E-state index is -3.18. The van der Waals surface area contributed by atoms with Crippen LogP contribution in [0.3, 0.4) is 0 Å². The van der Waals surface area contributed by atoms with Gasteiger partial charge in [0.2, 0.25) is 10.0 Å². The Morgan fingerprint density at radius 2 is 2.00 bits per heavy atom. The lowest BCUT2D eigenvalue weighted by molar-refractivity contribution is 0.0298. The first kappa shape index (κ1) is 15.5. The molecule has 2 saturated heterocycles. The molecule has 2 fully saturated rings. The van der Waals surface area contributed by atoms with Gasteiger partial charge in [-0.05, 0) is 25.7 Å². The molecule has 0 radical (unpaired) electrons. The zero-order valence-corrected chi connectivity index (χ0v) is 12.7. The molecule has 0 spiro atoms. The maximum Gasteiger partial charge on any atom is 0.216 e. The van der Waals surface area contributed by atoms with E-state index in [1.165, 1.54) is 0 Å². The molecule has 0 saturated carbocycles. The predicted octanol–water partition coefficient (Wildman–Crippen LogP) is 1.22. The van der Waals surface area contributed by atoms with Crippen molar-refractivity contribution >= 4 is 21.6 Å². The number of rotatable bonds is 6. The number of halogens is 1. The fourth-order valence-corrected chi connectivity index (χ4v) is 4.40. The van der Waals surface area contributed by atoms with E-state index >= 15 is 0 Å². The van der Waals surface area contributed by atoms with E-state index < -0.39 is 10.0 Å². The lowest BCUT2D eigenvalue weighted by atomic mass is 10.1. The predicted molar refractivity (Wildman–Crippen MR) is 74.0 cm³/mol. The Labute approximate surface area is 120 Å². The summed E-state index contributed by atoms with van der Waals surface area (Å²) in [5.41, 5.74) is 0. The third-order valence-corrected chi connectivity index (χ3v) is 5.74. The van der Waals surface area contributed by atoms with Crippen molar-refractivity contribution in [3.63, 3.8) is 0 Å². The van der Waals surface area contributed by atoms with Gasteiger partial charge in [-0.2, -0.15) is 0 Å². The second kappa shape index (κ2) is 7.22. The number of piperidine rings is 1. The Kier molecular flexibility index (Phi) is 5.89. The van der Waals surface area contributed by atoms with E-state index in [1.807, 2.05) is 0 Å². The van der Waals surface area contributed by atoms with Crippen LogP contribution in [-0.4, -0.2) is 62.9 Å². The van der Waals surface area contributed by atoms with Crippen molar-refractivity contribution in [3.05, 3.63) is 0 Å². The molecule has 1 atom stereocenters. The van der Waals surface area contributed by atoms with Crippen molar-refractivity contribution in [2.75, 3.05) is 37.9 Å². The summed E-state index contributed by atoms with van der Waals surface area (Å²) in [4.78, 5) is 0. The number of ether oxygens (including phenoxy) is 2. The zero-order valence-electron chi connectivity index (χ0n) is 11.1. The summed E-state index contributed by atoms with van der Waals surface area (Å²) < 4.78 is 37.0. The van der Waals surface area contributed by atoms with E-state index in [9.17, 15) is 8.42 Å². The standard InChI is InChI=1S/C12H22ClNO4S/c13-5-9-18-11-3-6-14(7-4-11)19(15,16)10-12-2-1-8-17-12/h11-12H,1-10H2. The van der Waals surface area contributed by atoms with Gasteiger partial charge in [0.25, 0.3) is 0 Å². The minimum absolute atomic E-state index is 0.116. The Balaban J connectivity index is 1.79. The molecule has 2 rings (SSSR count). The molecule has 1 unspecified atom stereocenters. The number of hydrogen-bond donors (Lipinski definition) is 0. The number of nitrogens with zero attached hydrogens (tertiary/aromatic N) is 1. The molecule has 5 nitrogen and oxygen atoms in total. The van der Waals surface area contributed by atoms with Crippen LogP contribution in [0.1, 0.15) is 25.7 Å². The van der Waals surface area contributed by atoms with Crippen LogP contribution in [0.15, 0.2) is 0 Å². The molecule has 0 bridgehead atoms. The fourth-order valence-electron chi connectivity index (χ4n) is 2.60. The molecule has 2 aliphatic heterocycles. The van der Waals surface area contributed by atoms with Gasteiger partial charge in [0.05, 0.1) is 24.6 Å². The average molecular weight is 312 g/mol. The van der Waals surface area contributed by atoms with Gasteiger partial charge in [-0.15, -0.1) is 11.6 Å². The molecule has 2 heterocycles. The molecule has 0 amide bonds. The highest BCUT2D eigenvalue weighted by Gasteiger charge is 2.31. The second-order valence-corrected chi connectivity index (χ2v) is 7.46. The van der Waals surface area contributed by atoms with Crippen molar-refractivity contribution in [2.24, 2.45) is 0 Å². The number of alkyl halides is 1. The topological polar surface area (TPSA) is 55.8 Å². The second-order valence-electron chi connectivity index (χ2n) is 5.07. The van der Waals surface area contributed by atoms with Crippen molar-refractivity contribution in [2.45, 2.75) is 37.9 Å². The third kappa shape index (κ3) is 4.56. The van der Waals surface area contributed by atoms with E-state index in [0.29, 0.717) is 32.2 Å². The Hall–Kier alpha value is 0.120. The molecule has 0 aliphatic carbocycles. The molecular formula is C12H22ClNO4S. The summed E-state index contributed by atoms with van der Waals surface area (Å²) in [6.45, 7) is 2.31. The van der Waals surface area contributed by atoms with Crippen LogP contribution in [0.4, 0.5) is 0 Å². The van der Waals surface area contributed by atoms with Crippen LogP contribution in [-0.2, 0) is 19.5 Å². The average Bonchev–Trinajstić information content (AvgIpc) is 2.89.